The largest absolute Gasteiger partial charge is 0.303 e. The van der Waals surface area contributed by atoms with Gasteiger partial charge in [-0.15, -0.1) is 0 Å². The smallest absolute Gasteiger partial charge is 0.00717 e. The van der Waals surface area contributed by atoms with E-state index in [1.165, 1.54) is 57.1 Å². The van der Waals surface area contributed by atoms with E-state index in [0.717, 1.165) is 5.92 Å². The second kappa shape index (κ2) is 6.83. The van der Waals surface area contributed by atoms with Crippen molar-refractivity contribution in [2.24, 2.45) is 5.92 Å². The van der Waals surface area contributed by atoms with Crippen LogP contribution in [-0.4, -0.2) is 29.9 Å². The summed E-state index contributed by atoms with van der Waals surface area (Å²) in [5, 5.41) is 1.17. The molecule has 0 spiro atoms. The molecule has 1 aliphatic heterocycles. The summed E-state index contributed by atoms with van der Waals surface area (Å²) in [5.74, 6) is 0.859. The fraction of sp³-hybridized carbons (Fsp3) is 1.00. The Hall–Kier alpha value is 0.440. The molecule has 1 aliphatic rings. The van der Waals surface area contributed by atoms with Crippen LogP contribution in [0.5, 0.6) is 0 Å². The maximum atomic E-state index is 3.60. The lowest BCUT2D eigenvalue weighted by Gasteiger charge is -2.24. The first kappa shape index (κ1) is 11.5. The molecule has 1 heterocycles. The van der Waals surface area contributed by atoms with Crippen LogP contribution in [0, 0.1) is 5.92 Å². The molecule has 0 bridgehead atoms. The summed E-state index contributed by atoms with van der Waals surface area (Å²) in [6.07, 6.45) is 7.03. The van der Waals surface area contributed by atoms with Gasteiger partial charge in [0.1, 0.15) is 0 Å². The highest BCUT2D eigenvalue weighted by molar-refractivity contribution is 9.09. The molecule has 0 amide bonds. The van der Waals surface area contributed by atoms with Gasteiger partial charge in [-0.3, -0.25) is 0 Å². The SMILES string of the molecule is CCC(CBr)CN1CCCCCC1. The Morgan fingerprint density at radius 3 is 2.23 bits per heavy atom. The molecule has 0 radical (unpaired) electrons. The quantitative estimate of drug-likeness (QED) is 0.690. The van der Waals surface area contributed by atoms with Gasteiger partial charge in [0.05, 0.1) is 0 Å². The third-order valence-corrected chi connectivity index (χ3v) is 3.93. The molecule has 1 rings (SSSR count). The summed E-state index contributed by atoms with van der Waals surface area (Å²) in [6, 6.07) is 0. The average molecular weight is 248 g/mol. The van der Waals surface area contributed by atoms with E-state index >= 15 is 0 Å². The van der Waals surface area contributed by atoms with E-state index in [-0.39, 0.29) is 0 Å². The maximum Gasteiger partial charge on any atom is 0.00717 e. The van der Waals surface area contributed by atoms with Crippen molar-refractivity contribution in [1.82, 2.24) is 4.90 Å². The number of rotatable bonds is 4. The summed E-state index contributed by atoms with van der Waals surface area (Å²) >= 11 is 3.60. The van der Waals surface area contributed by atoms with Crippen molar-refractivity contribution in [2.45, 2.75) is 39.0 Å². The van der Waals surface area contributed by atoms with E-state index in [9.17, 15) is 0 Å². The van der Waals surface area contributed by atoms with Crippen molar-refractivity contribution in [3.63, 3.8) is 0 Å². The van der Waals surface area contributed by atoms with Gasteiger partial charge >= 0.3 is 0 Å². The molecule has 13 heavy (non-hydrogen) atoms. The Balaban J connectivity index is 2.24. The van der Waals surface area contributed by atoms with E-state index in [0.29, 0.717) is 0 Å². The number of halogens is 1. The normalized spacial score (nSPS) is 22.6. The zero-order valence-corrected chi connectivity index (χ0v) is 10.4. The van der Waals surface area contributed by atoms with Crippen molar-refractivity contribution in [3.05, 3.63) is 0 Å². The first-order chi connectivity index (χ1) is 6.36. The van der Waals surface area contributed by atoms with Crippen LogP contribution in [0.4, 0.5) is 0 Å². The molecule has 0 saturated carbocycles. The third-order valence-electron chi connectivity index (χ3n) is 3.01. The average Bonchev–Trinajstić information content (AvgIpc) is 2.42. The van der Waals surface area contributed by atoms with Gasteiger partial charge in [-0.2, -0.15) is 0 Å². The Bertz CT molecular complexity index is 115. The summed E-state index contributed by atoms with van der Waals surface area (Å²) in [4.78, 5) is 2.66. The van der Waals surface area contributed by atoms with Crippen LogP contribution in [0.15, 0.2) is 0 Å². The molecule has 0 aromatic rings. The molecule has 1 fully saturated rings. The lowest BCUT2D eigenvalue weighted by Crippen LogP contribution is -2.30. The van der Waals surface area contributed by atoms with E-state index in [2.05, 4.69) is 27.8 Å². The number of likely N-dealkylation sites (tertiary alicyclic amines) is 1. The number of hydrogen-bond donors (Lipinski definition) is 0. The first-order valence-electron chi connectivity index (χ1n) is 5.65. The van der Waals surface area contributed by atoms with Gasteiger partial charge in [-0.05, 0) is 31.8 Å². The van der Waals surface area contributed by atoms with Crippen molar-refractivity contribution < 1.29 is 0 Å². The molecule has 0 aliphatic carbocycles. The van der Waals surface area contributed by atoms with Gasteiger partial charge in [0.15, 0.2) is 0 Å². The molecule has 0 N–H and O–H groups in total. The Labute approximate surface area is 91.0 Å². The van der Waals surface area contributed by atoms with Crippen molar-refractivity contribution in [2.75, 3.05) is 25.0 Å². The van der Waals surface area contributed by atoms with Gasteiger partial charge < -0.3 is 4.90 Å². The summed E-state index contributed by atoms with van der Waals surface area (Å²) in [7, 11) is 0. The van der Waals surface area contributed by atoms with Crippen LogP contribution < -0.4 is 0 Å². The number of alkyl halides is 1. The van der Waals surface area contributed by atoms with Gasteiger partial charge in [0, 0.05) is 11.9 Å². The van der Waals surface area contributed by atoms with Gasteiger partial charge in [0.25, 0.3) is 0 Å². The van der Waals surface area contributed by atoms with Gasteiger partial charge in [-0.25, -0.2) is 0 Å². The van der Waals surface area contributed by atoms with Crippen molar-refractivity contribution in [1.29, 1.82) is 0 Å². The summed E-state index contributed by atoms with van der Waals surface area (Å²) < 4.78 is 0. The second-order valence-corrected chi connectivity index (χ2v) is 4.79. The second-order valence-electron chi connectivity index (χ2n) is 4.14. The topological polar surface area (TPSA) is 3.24 Å². The van der Waals surface area contributed by atoms with Crippen LogP contribution in [0.1, 0.15) is 39.0 Å². The third kappa shape index (κ3) is 4.46. The first-order valence-corrected chi connectivity index (χ1v) is 6.77. The Morgan fingerprint density at radius 2 is 1.77 bits per heavy atom. The molecular weight excluding hydrogens is 226 g/mol. The van der Waals surface area contributed by atoms with Crippen LogP contribution in [0.25, 0.3) is 0 Å². The maximum absolute atomic E-state index is 3.60. The Kier molecular flexibility index (Phi) is 6.05. The van der Waals surface area contributed by atoms with E-state index in [1.807, 2.05) is 0 Å². The van der Waals surface area contributed by atoms with E-state index in [4.69, 9.17) is 0 Å². The van der Waals surface area contributed by atoms with Crippen molar-refractivity contribution in [3.8, 4) is 0 Å². The molecule has 2 heteroatoms. The fourth-order valence-corrected chi connectivity index (χ4v) is 2.63. The Morgan fingerprint density at radius 1 is 1.15 bits per heavy atom. The number of nitrogens with zero attached hydrogens (tertiary/aromatic N) is 1. The zero-order chi connectivity index (χ0) is 9.52. The highest BCUT2D eigenvalue weighted by atomic mass is 79.9. The predicted octanol–water partition coefficient (Wildman–Crippen LogP) is 3.28. The predicted molar refractivity (Wildman–Crippen MR) is 62.5 cm³/mol. The summed E-state index contributed by atoms with van der Waals surface area (Å²) in [5.41, 5.74) is 0. The lowest BCUT2D eigenvalue weighted by atomic mass is 10.1. The van der Waals surface area contributed by atoms with E-state index in [1.54, 1.807) is 0 Å². The highest BCUT2D eigenvalue weighted by Gasteiger charge is 2.13. The highest BCUT2D eigenvalue weighted by Crippen LogP contribution is 2.14. The zero-order valence-electron chi connectivity index (χ0n) is 8.77. The molecule has 0 aromatic carbocycles. The van der Waals surface area contributed by atoms with Crippen LogP contribution in [-0.2, 0) is 0 Å². The molecule has 78 valence electrons. The molecule has 1 nitrogen and oxygen atoms in total. The van der Waals surface area contributed by atoms with Gasteiger partial charge in [0.2, 0.25) is 0 Å². The number of hydrogen-bond acceptors (Lipinski definition) is 1. The fourth-order valence-electron chi connectivity index (χ4n) is 1.97. The standard InChI is InChI=1S/C11H22BrN/c1-2-11(9-12)10-13-7-5-3-4-6-8-13/h11H,2-10H2,1H3. The van der Waals surface area contributed by atoms with Gasteiger partial charge in [-0.1, -0.05) is 42.1 Å². The van der Waals surface area contributed by atoms with Crippen molar-refractivity contribution >= 4 is 15.9 Å². The van der Waals surface area contributed by atoms with Crippen LogP contribution in [0.3, 0.4) is 0 Å². The lowest BCUT2D eigenvalue weighted by molar-refractivity contribution is 0.246. The minimum atomic E-state index is 0.859. The van der Waals surface area contributed by atoms with Crippen LogP contribution >= 0.6 is 15.9 Å². The van der Waals surface area contributed by atoms with E-state index < -0.39 is 0 Å². The van der Waals surface area contributed by atoms with Crippen LogP contribution in [0.2, 0.25) is 0 Å². The monoisotopic (exact) mass is 247 g/mol. The summed E-state index contributed by atoms with van der Waals surface area (Å²) in [6.45, 7) is 6.28. The molecular formula is C11H22BrN. The molecule has 1 unspecified atom stereocenters. The minimum Gasteiger partial charge on any atom is -0.303 e. The molecule has 0 aromatic heterocycles. The molecule has 1 atom stereocenters. The minimum absolute atomic E-state index is 0.859. The molecule has 1 saturated heterocycles.